The summed E-state index contributed by atoms with van der Waals surface area (Å²) >= 11 is 3.35. The Bertz CT molecular complexity index is 1010. The van der Waals surface area contributed by atoms with Gasteiger partial charge in [0.2, 0.25) is 0 Å². The van der Waals surface area contributed by atoms with E-state index in [2.05, 4.69) is 21.2 Å². The zero-order chi connectivity index (χ0) is 18.0. The van der Waals surface area contributed by atoms with Crippen molar-refractivity contribution in [1.82, 2.24) is 0 Å². The molecule has 0 aliphatic heterocycles. The summed E-state index contributed by atoms with van der Waals surface area (Å²) in [5.41, 5.74) is 0.0976. The third-order valence-corrected chi connectivity index (χ3v) is 4.07. The van der Waals surface area contributed by atoms with Gasteiger partial charge in [-0.15, -0.1) is 0 Å². The van der Waals surface area contributed by atoms with Crippen LogP contribution >= 0.6 is 15.9 Å². The van der Waals surface area contributed by atoms with Crippen LogP contribution in [0.1, 0.15) is 10.4 Å². The molecule has 3 aromatic rings. The number of carbonyl (C=O) groups excluding carboxylic acids is 1. The Kier molecular flexibility index (Phi) is 4.76. The van der Waals surface area contributed by atoms with Crippen molar-refractivity contribution in [3.8, 4) is 11.5 Å². The van der Waals surface area contributed by atoms with Crippen LogP contribution in [0.3, 0.4) is 0 Å². The molecule has 0 spiro atoms. The highest BCUT2D eigenvalue weighted by atomic mass is 79.9. The minimum absolute atomic E-state index is 0.0830. The number of halogens is 1. The molecular weight excluding hydrogens is 390 g/mol. The average Bonchev–Trinajstić information content (AvgIpc) is 2.61. The van der Waals surface area contributed by atoms with Crippen LogP contribution in [-0.2, 0) is 0 Å². The number of hydrogen-bond donors (Lipinski definition) is 1. The van der Waals surface area contributed by atoms with Crippen LogP contribution in [0, 0.1) is 0 Å². The Labute approximate surface area is 151 Å². The Morgan fingerprint density at radius 3 is 2.52 bits per heavy atom. The second kappa shape index (κ2) is 6.98. The summed E-state index contributed by atoms with van der Waals surface area (Å²) < 4.78 is 16.4. The third-order valence-electron chi connectivity index (χ3n) is 3.58. The van der Waals surface area contributed by atoms with Gasteiger partial charge in [-0.1, -0.05) is 15.9 Å². The molecule has 0 fully saturated rings. The number of rotatable bonds is 4. The number of hydrogen-bond acceptors (Lipinski definition) is 5. The van der Waals surface area contributed by atoms with Crippen LogP contribution in [-0.4, -0.2) is 20.1 Å². The first-order valence-corrected chi connectivity index (χ1v) is 8.08. The maximum atomic E-state index is 12.5. The van der Waals surface area contributed by atoms with Gasteiger partial charge < -0.3 is 19.2 Å². The van der Waals surface area contributed by atoms with Crippen molar-refractivity contribution in [2.45, 2.75) is 0 Å². The van der Waals surface area contributed by atoms with Gasteiger partial charge in [-0.2, -0.15) is 0 Å². The van der Waals surface area contributed by atoms with Crippen LogP contribution in [0.5, 0.6) is 11.5 Å². The molecule has 6 nitrogen and oxygen atoms in total. The molecule has 0 saturated carbocycles. The van der Waals surface area contributed by atoms with Crippen molar-refractivity contribution in [2.24, 2.45) is 0 Å². The molecule has 0 unspecified atom stereocenters. The average molecular weight is 404 g/mol. The van der Waals surface area contributed by atoms with Crippen molar-refractivity contribution in [2.75, 3.05) is 19.5 Å². The van der Waals surface area contributed by atoms with Crippen LogP contribution in [0.15, 0.2) is 56.1 Å². The lowest BCUT2D eigenvalue weighted by Crippen LogP contribution is -2.20. The second-order valence-corrected chi connectivity index (χ2v) is 6.07. The van der Waals surface area contributed by atoms with Crippen LogP contribution in [0.4, 0.5) is 5.69 Å². The Balaban J connectivity index is 1.94. The van der Waals surface area contributed by atoms with Crippen molar-refractivity contribution < 1.29 is 18.7 Å². The first-order valence-electron chi connectivity index (χ1n) is 7.28. The minimum atomic E-state index is -0.701. The molecule has 25 heavy (non-hydrogen) atoms. The van der Waals surface area contributed by atoms with E-state index in [1.165, 1.54) is 20.3 Å². The van der Waals surface area contributed by atoms with Gasteiger partial charge in [0.1, 0.15) is 11.1 Å². The van der Waals surface area contributed by atoms with E-state index in [1.54, 1.807) is 36.4 Å². The van der Waals surface area contributed by atoms with E-state index < -0.39 is 11.5 Å². The van der Waals surface area contributed by atoms with E-state index in [0.29, 0.717) is 28.2 Å². The predicted octanol–water partition coefficient (Wildman–Crippen LogP) is 3.83. The molecular formula is C18H14BrNO5. The highest BCUT2D eigenvalue weighted by molar-refractivity contribution is 9.10. The lowest BCUT2D eigenvalue weighted by molar-refractivity contribution is 0.102. The first-order chi connectivity index (χ1) is 12.0. The number of fused-ring (bicyclic) bond motifs is 1. The number of methoxy groups -OCH3 is 2. The lowest BCUT2D eigenvalue weighted by Gasteiger charge is -2.10. The molecule has 0 saturated heterocycles. The maximum Gasteiger partial charge on any atom is 0.349 e. The van der Waals surface area contributed by atoms with Gasteiger partial charge in [0.15, 0.2) is 11.5 Å². The molecule has 0 aliphatic carbocycles. The molecule has 3 rings (SSSR count). The van der Waals surface area contributed by atoms with Crippen molar-refractivity contribution in [1.29, 1.82) is 0 Å². The van der Waals surface area contributed by atoms with E-state index >= 15 is 0 Å². The monoisotopic (exact) mass is 403 g/mol. The minimum Gasteiger partial charge on any atom is -0.493 e. The molecule has 0 bridgehead atoms. The fourth-order valence-corrected chi connectivity index (χ4v) is 2.74. The number of anilines is 1. The van der Waals surface area contributed by atoms with Crippen molar-refractivity contribution in [3.05, 3.63) is 62.9 Å². The summed E-state index contributed by atoms with van der Waals surface area (Å²) in [6.45, 7) is 0. The standard InChI is InChI=1S/C18H14BrNO5/c1-23-15-6-4-12(9-16(15)24-2)20-17(21)13-8-10-7-11(19)3-5-14(10)25-18(13)22/h3-9H,1-2H3,(H,20,21). The normalized spacial score (nSPS) is 10.5. The van der Waals surface area contributed by atoms with Gasteiger partial charge >= 0.3 is 5.63 Å². The second-order valence-electron chi connectivity index (χ2n) is 5.15. The number of ether oxygens (including phenoxy) is 2. The van der Waals surface area contributed by atoms with Gasteiger partial charge in [-0.3, -0.25) is 4.79 Å². The van der Waals surface area contributed by atoms with Crippen LogP contribution < -0.4 is 20.4 Å². The smallest absolute Gasteiger partial charge is 0.349 e. The third kappa shape index (κ3) is 3.51. The number of amides is 1. The quantitative estimate of drug-likeness (QED) is 0.669. The Morgan fingerprint density at radius 1 is 1.04 bits per heavy atom. The van der Waals surface area contributed by atoms with Crippen molar-refractivity contribution >= 4 is 38.5 Å². The molecule has 1 heterocycles. The zero-order valence-electron chi connectivity index (χ0n) is 13.5. The van der Waals surface area contributed by atoms with Gasteiger partial charge in [0, 0.05) is 21.6 Å². The summed E-state index contributed by atoms with van der Waals surface area (Å²) in [6, 6.07) is 11.6. The molecule has 1 amide bonds. The SMILES string of the molecule is COc1ccc(NC(=O)c2cc3cc(Br)ccc3oc2=O)cc1OC. The predicted molar refractivity (Wildman–Crippen MR) is 97.7 cm³/mol. The highest BCUT2D eigenvalue weighted by Crippen LogP contribution is 2.30. The van der Waals surface area contributed by atoms with Gasteiger partial charge in [0.25, 0.3) is 5.91 Å². The van der Waals surface area contributed by atoms with Crippen LogP contribution in [0.25, 0.3) is 11.0 Å². The largest absolute Gasteiger partial charge is 0.493 e. The summed E-state index contributed by atoms with van der Waals surface area (Å²) in [5, 5.41) is 3.30. The topological polar surface area (TPSA) is 77.8 Å². The Hall–Kier alpha value is -2.80. The maximum absolute atomic E-state index is 12.5. The van der Waals surface area contributed by atoms with E-state index in [9.17, 15) is 9.59 Å². The molecule has 1 N–H and O–H groups in total. The summed E-state index contributed by atoms with van der Waals surface area (Å²) in [4.78, 5) is 24.6. The van der Waals surface area contributed by atoms with E-state index in [4.69, 9.17) is 13.9 Å². The molecule has 7 heteroatoms. The van der Waals surface area contributed by atoms with E-state index in [-0.39, 0.29) is 5.56 Å². The van der Waals surface area contributed by atoms with Crippen molar-refractivity contribution in [3.63, 3.8) is 0 Å². The Morgan fingerprint density at radius 2 is 1.80 bits per heavy atom. The summed E-state index contributed by atoms with van der Waals surface area (Å²) in [7, 11) is 3.02. The van der Waals surface area contributed by atoms with Crippen LogP contribution in [0.2, 0.25) is 0 Å². The molecule has 0 radical (unpaired) electrons. The number of carbonyl (C=O) groups is 1. The first kappa shape index (κ1) is 17.0. The number of benzene rings is 2. The lowest BCUT2D eigenvalue weighted by atomic mass is 10.1. The molecule has 1 aromatic heterocycles. The fraction of sp³-hybridized carbons (Fsp3) is 0.111. The summed E-state index contributed by atoms with van der Waals surface area (Å²) in [6.07, 6.45) is 0. The molecule has 2 aromatic carbocycles. The molecule has 128 valence electrons. The van der Waals surface area contributed by atoms with E-state index in [1.807, 2.05) is 0 Å². The van der Waals surface area contributed by atoms with Gasteiger partial charge in [-0.05, 0) is 36.4 Å². The molecule has 0 aliphatic rings. The van der Waals surface area contributed by atoms with E-state index in [0.717, 1.165) is 4.47 Å². The highest BCUT2D eigenvalue weighted by Gasteiger charge is 2.15. The summed E-state index contributed by atoms with van der Waals surface area (Å²) in [5.74, 6) is 0.438. The fourth-order valence-electron chi connectivity index (χ4n) is 2.36. The van der Waals surface area contributed by atoms with Gasteiger partial charge in [-0.25, -0.2) is 4.79 Å². The van der Waals surface area contributed by atoms with Gasteiger partial charge in [0.05, 0.1) is 14.2 Å². The zero-order valence-corrected chi connectivity index (χ0v) is 15.0. The molecule has 0 atom stereocenters. The number of nitrogens with one attached hydrogen (secondary N) is 1.